The second-order valence-electron chi connectivity index (χ2n) is 9.40. The highest BCUT2D eigenvalue weighted by molar-refractivity contribution is 7.14. The lowest BCUT2D eigenvalue weighted by Crippen LogP contribution is -2.29. The highest BCUT2D eigenvalue weighted by Gasteiger charge is 2.48. The third kappa shape index (κ3) is 5.95. The molecule has 1 N–H and O–H groups in total. The minimum Gasteiger partial charge on any atom is -0.507 e. The molecule has 1 amide bonds. The number of hydrogen-bond acceptors (Lipinski definition) is 8. The fraction of sp³-hybridized carbons (Fsp3) is 0.219. The number of carbonyl (C=O) groups excluding carboxylic acids is 2. The van der Waals surface area contributed by atoms with Crippen molar-refractivity contribution in [1.29, 1.82) is 0 Å². The zero-order chi connectivity index (χ0) is 28.8. The van der Waals surface area contributed by atoms with Gasteiger partial charge in [-0.25, -0.2) is 4.98 Å². The van der Waals surface area contributed by atoms with Gasteiger partial charge in [-0.2, -0.15) is 0 Å². The number of methoxy groups -OCH3 is 1. The van der Waals surface area contributed by atoms with Crippen molar-refractivity contribution in [3.8, 4) is 17.2 Å². The average molecular weight is 571 g/mol. The van der Waals surface area contributed by atoms with E-state index in [2.05, 4.69) is 11.9 Å². The smallest absolute Gasteiger partial charge is 0.301 e. The first-order valence-corrected chi connectivity index (χ1v) is 14.2. The lowest BCUT2D eigenvalue weighted by Gasteiger charge is -2.24. The second kappa shape index (κ2) is 12.7. The molecule has 0 radical (unpaired) electrons. The van der Waals surface area contributed by atoms with E-state index < -0.39 is 17.7 Å². The molecule has 2 heterocycles. The van der Waals surface area contributed by atoms with Gasteiger partial charge in [-0.05, 0) is 41.8 Å². The van der Waals surface area contributed by atoms with Crippen molar-refractivity contribution in [2.24, 2.45) is 0 Å². The molecule has 1 aliphatic heterocycles. The van der Waals surface area contributed by atoms with Crippen molar-refractivity contribution in [2.75, 3.05) is 18.6 Å². The average Bonchev–Trinajstić information content (AvgIpc) is 3.63. The molecule has 5 rings (SSSR count). The molecule has 1 aliphatic rings. The summed E-state index contributed by atoms with van der Waals surface area (Å²) in [5, 5.41) is 13.6. The molecule has 3 aromatic carbocycles. The maximum absolute atomic E-state index is 13.5. The van der Waals surface area contributed by atoms with Gasteiger partial charge in [-0.15, -0.1) is 11.3 Å². The van der Waals surface area contributed by atoms with Gasteiger partial charge in [0, 0.05) is 17.1 Å². The number of hydrogen-bond donors (Lipinski definition) is 1. The molecule has 41 heavy (non-hydrogen) atoms. The van der Waals surface area contributed by atoms with Crippen LogP contribution in [0.15, 0.2) is 89.9 Å². The van der Waals surface area contributed by atoms with Gasteiger partial charge in [0.2, 0.25) is 0 Å². The zero-order valence-electron chi connectivity index (χ0n) is 22.8. The Morgan fingerprint density at radius 3 is 2.56 bits per heavy atom. The van der Waals surface area contributed by atoms with Crippen molar-refractivity contribution < 1.29 is 28.9 Å². The summed E-state index contributed by atoms with van der Waals surface area (Å²) in [6.45, 7) is 2.95. The fourth-order valence-electron chi connectivity index (χ4n) is 4.61. The van der Waals surface area contributed by atoms with E-state index in [1.807, 2.05) is 30.3 Å². The van der Waals surface area contributed by atoms with Crippen LogP contribution in [-0.4, -0.2) is 35.5 Å². The molecule has 1 atom stereocenters. The van der Waals surface area contributed by atoms with Gasteiger partial charge in [-0.3, -0.25) is 14.5 Å². The Labute approximate surface area is 242 Å². The summed E-state index contributed by atoms with van der Waals surface area (Å²) < 4.78 is 17.4. The van der Waals surface area contributed by atoms with Crippen LogP contribution in [0.2, 0.25) is 0 Å². The van der Waals surface area contributed by atoms with E-state index in [0.717, 1.165) is 18.4 Å². The Morgan fingerprint density at radius 2 is 1.83 bits per heavy atom. The van der Waals surface area contributed by atoms with Crippen molar-refractivity contribution in [2.45, 2.75) is 32.4 Å². The molecule has 210 valence electrons. The number of benzene rings is 3. The van der Waals surface area contributed by atoms with Crippen LogP contribution in [0.3, 0.4) is 0 Å². The highest BCUT2D eigenvalue weighted by atomic mass is 32.1. The summed E-state index contributed by atoms with van der Waals surface area (Å²) in [6, 6.07) is 20.9. The van der Waals surface area contributed by atoms with Crippen molar-refractivity contribution in [3.05, 3.63) is 107 Å². The van der Waals surface area contributed by atoms with Crippen LogP contribution in [0, 0.1) is 0 Å². The van der Waals surface area contributed by atoms with Gasteiger partial charge >= 0.3 is 5.91 Å². The minimum atomic E-state index is -0.942. The minimum absolute atomic E-state index is 0.0454. The molecule has 0 saturated carbocycles. The van der Waals surface area contributed by atoms with E-state index in [1.54, 1.807) is 54.0 Å². The standard InChI is InChI=1S/C32H30N2O6S/c1-3-4-16-39-24-12-8-11-23(18-24)29(35)27-28(34(31(37)30(27)36)32-33-15-17-41-32)22-13-14-25(26(19-22)38-2)40-20-21-9-6-5-7-10-21/h5-15,17-19,28,35H,3-4,16,20H2,1-2H3. The zero-order valence-corrected chi connectivity index (χ0v) is 23.6. The Kier molecular flexibility index (Phi) is 8.64. The third-order valence-corrected chi connectivity index (χ3v) is 7.46. The van der Waals surface area contributed by atoms with Gasteiger partial charge in [0.15, 0.2) is 16.6 Å². The summed E-state index contributed by atoms with van der Waals surface area (Å²) in [5.74, 6) is -0.377. The van der Waals surface area contributed by atoms with Crippen LogP contribution >= 0.6 is 11.3 Å². The number of aliphatic hydroxyl groups is 1. The molecule has 1 unspecified atom stereocenters. The summed E-state index contributed by atoms with van der Waals surface area (Å²) in [7, 11) is 1.52. The fourth-order valence-corrected chi connectivity index (χ4v) is 5.28. The summed E-state index contributed by atoms with van der Waals surface area (Å²) in [6.07, 6.45) is 3.44. The molecule has 4 aromatic rings. The number of thiazole rings is 1. The van der Waals surface area contributed by atoms with E-state index in [0.29, 0.717) is 46.7 Å². The molecule has 0 bridgehead atoms. The van der Waals surface area contributed by atoms with Gasteiger partial charge in [-0.1, -0.05) is 61.9 Å². The maximum Gasteiger partial charge on any atom is 0.301 e. The van der Waals surface area contributed by atoms with Gasteiger partial charge in [0.05, 0.1) is 25.3 Å². The molecule has 0 aliphatic carbocycles. The molecular weight excluding hydrogens is 540 g/mol. The number of ketones is 1. The number of anilines is 1. The number of rotatable bonds is 11. The maximum atomic E-state index is 13.5. The lowest BCUT2D eigenvalue weighted by molar-refractivity contribution is -0.132. The van der Waals surface area contributed by atoms with Crippen LogP contribution in [0.4, 0.5) is 5.13 Å². The van der Waals surface area contributed by atoms with Crippen LogP contribution < -0.4 is 19.1 Å². The lowest BCUT2D eigenvalue weighted by atomic mass is 9.95. The van der Waals surface area contributed by atoms with Crippen molar-refractivity contribution >= 4 is 33.9 Å². The SMILES string of the molecule is CCCCOc1cccc(C(O)=C2C(=O)C(=O)N(c3nccs3)C2c2ccc(OCc3ccccc3)c(OC)c2)c1. The normalized spacial score (nSPS) is 16.1. The summed E-state index contributed by atoms with van der Waals surface area (Å²) in [5.41, 5.74) is 1.88. The monoisotopic (exact) mass is 570 g/mol. The number of nitrogens with zero attached hydrogens (tertiary/aromatic N) is 2. The van der Waals surface area contributed by atoms with Crippen LogP contribution in [0.1, 0.15) is 42.5 Å². The predicted molar refractivity (Wildman–Crippen MR) is 158 cm³/mol. The van der Waals surface area contributed by atoms with E-state index in [4.69, 9.17) is 14.2 Å². The summed E-state index contributed by atoms with van der Waals surface area (Å²) >= 11 is 1.23. The first-order chi connectivity index (χ1) is 20.0. The number of ether oxygens (including phenoxy) is 3. The number of aromatic nitrogens is 1. The topological polar surface area (TPSA) is 98.2 Å². The van der Waals surface area contributed by atoms with E-state index in [9.17, 15) is 14.7 Å². The Bertz CT molecular complexity index is 1550. The predicted octanol–water partition coefficient (Wildman–Crippen LogP) is 6.54. The number of carbonyl (C=O) groups is 2. The first-order valence-electron chi connectivity index (χ1n) is 13.3. The number of aliphatic hydroxyl groups excluding tert-OH is 1. The van der Waals surface area contributed by atoms with E-state index in [-0.39, 0.29) is 11.3 Å². The molecule has 0 spiro atoms. The first kappa shape index (κ1) is 27.9. The van der Waals surface area contributed by atoms with E-state index >= 15 is 0 Å². The molecule has 1 fully saturated rings. The van der Waals surface area contributed by atoms with E-state index in [1.165, 1.54) is 23.3 Å². The van der Waals surface area contributed by atoms with Crippen LogP contribution in [0.5, 0.6) is 17.2 Å². The highest BCUT2D eigenvalue weighted by Crippen LogP contribution is 2.44. The number of Topliss-reactive ketones (excluding diaryl/α,β-unsaturated/α-hetero) is 1. The van der Waals surface area contributed by atoms with Crippen LogP contribution in [0.25, 0.3) is 5.76 Å². The van der Waals surface area contributed by atoms with Crippen molar-refractivity contribution in [1.82, 2.24) is 4.98 Å². The van der Waals surface area contributed by atoms with Gasteiger partial charge in [0.1, 0.15) is 18.1 Å². The molecule has 8 nitrogen and oxygen atoms in total. The Balaban J connectivity index is 1.56. The molecule has 1 aromatic heterocycles. The summed E-state index contributed by atoms with van der Waals surface area (Å²) in [4.78, 5) is 32.5. The number of amides is 1. The quantitative estimate of drug-likeness (QED) is 0.0947. The Hall–Kier alpha value is -4.63. The molecule has 1 saturated heterocycles. The van der Waals surface area contributed by atoms with Crippen LogP contribution in [-0.2, 0) is 16.2 Å². The largest absolute Gasteiger partial charge is 0.507 e. The van der Waals surface area contributed by atoms with Gasteiger partial charge in [0.25, 0.3) is 5.78 Å². The molecule has 9 heteroatoms. The van der Waals surface area contributed by atoms with Crippen molar-refractivity contribution in [3.63, 3.8) is 0 Å². The number of unbranched alkanes of at least 4 members (excludes halogenated alkanes) is 1. The third-order valence-electron chi connectivity index (χ3n) is 6.68. The second-order valence-corrected chi connectivity index (χ2v) is 10.3. The van der Waals surface area contributed by atoms with Gasteiger partial charge < -0.3 is 19.3 Å². The Morgan fingerprint density at radius 1 is 1.00 bits per heavy atom. The molecular formula is C32H30N2O6S.